The standard InChI is InChI=1S/Al.3BO3.3Co/c;3*2-1(3)4;;;/q+3;3*-3;3*+2. The van der Waals surface area contributed by atoms with Gasteiger partial charge in [0, 0.05) is 0 Å². The molecule has 0 unspecified atom stereocenters. The van der Waals surface area contributed by atoms with E-state index in [-0.39, 0.29) is 67.7 Å². The molecule has 0 aliphatic rings. The zero-order valence-electron chi connectivity index (χ0n) is 6.98. The van der Waals surface area contributed by atoms with Gasteiger partial charge in [-0.1, -0.05) is 0 Å². The molecule has 0 aliphatic carbocycles. The fourth-order valence-corrected chi connectivity index (χ4v) is 0. The molecule has 0 aliphatic heterocycles. The number of hydrogen-bond acceptors (Lipinski definition) is 9. The van der Waals surface area contributed by atoms with Gasteiger partial charge in [0.1, 0.15) is 0 Å². The molecule has 16 heteroatoms. The Balaban J connectivity index is -0.0000000135. The van der Waals surface area contributed by atoms with Crippen molar-refractivity contribution in [1.82, 2.24) is 0 Å². The van der Waals surface area contributed by atoms with Gasteiger partial charge < -0.3 is 45.2 Å². The molecule has 0 spiro atoms. The fraction of sp³-hybridized carbons (Fsp3) is 0. The molecular formula is AlB3Co3O9. The smallest absolute Gasteiger partial charge is 0.907 e. The number of hydrogen-bond donors (Lipinski definition) is 0. The van der Waals surface area contributed by atoms with Crippen molar-refractivity contribution in [2.75, 3.05) is 0 Å². The first-order valence-corrected chi connectivity index (χ1v) is 2.12. The predicted octanol–water partition coefficient (Wildman–Crippen LogP) is -12.2. The van der Waals surface area contributed by atoms with Crippen LogP contribution in [0.4, 0.5) is 0 Å². The van der Waals surface area contributed by atoms with Crippen molar-refractivity contribution in [2.24, 2.45) is 0 Å². The summed E-state index contributed by atoms with van der Waals surface area (Å²) in [5.41, 5.74) is 0. The molecule has 0 bridgehead atoms. The normalized spacial score (nSPS) is 5.06. The third-order valence-electron chi connectivity index (χ3n) is 0. The van der Waals surface area contributed by atoms with Gasteiger partial charge in [0.05, 0.1) is 0 Å². The predicted molar refractivity (Wildman–Crippen MR) is 23.0 cm³/mol. The molecule has 0 atom stereocenters. The summed E-state index contributed by atoms with van der Waals surface area (Å²) in [6, 6.07) is 0. The van der Waals surface area contributed by atoms with Crippen LogP contribution >= 0.6 is 0 Å². The summed E-state index contributed by atoms with van der Waals surface area (Å²) in [6.45, 7) is 0. The largest absolute Gasteiger partial charge is 3.00 e. The summed E-state index contributed by atoms with van der Waals surface area (Å²) in [5.74, 6) is 0. The molecule has 3 radical (unpaired) electrons. The molecule has 0 aromatic heterocycles. The van der Waals surface area contributed by atoms with Crippen LogP contribution in [0.15, 0.2) is 0 Å². The Morgan fingerprint density at radius 1 is 0.375 bits per heavy atom. The molecule has 0 amide bonds. The maximum Gasteiger partial charge on any atom is 3.00 e. The zero-order valence-corrected chi connectivity index (χ0v) is 11.3. The van der Waals surface area contributed by atoms with E-state index in [0.717, 1.165) is 0 Å². The monoisotopic (exact) mass is 381 g/mol. The Bertz CT molecular complexity index is 54.5. The van der Waals surface area contributed by atoms with Gasteiger partial charge in [-0.15, -0.1) is 0 Å². The van der Waals surface area contributed by atoms with Gasteiger partial charge in [-0.2, -0.15) is 0 Å². The minimum absolute atomic E-state index is 0. The quantitative estimate of drug-likeness (QED) is 0.365. The van der Waals surface area contributed by atoms with Gasteiger partial charge in [0.15, 0.2) is 0 Å². The summed E-state index contributed by atoms with van der Waals surface area (Å²) in [5, 5.41) is 75.8. The molecule has 93 valence electrons. The van der Waals surface area contributed by atoms with Gasteiger partial charge >= 0.3 is 67.7 Å². The summed E-state index contributed by atoms with van der Waals surface area (Å²) < 4.78 is 0. The van der Waals surface area contributed by atoms with Crippen LogP contribution in [0.1, 0.15) is 0 Å². The molecule has 0 rings (SSSR count). The molecule has 16 heavy (non-hydrogen) atoms. The van der Waals surface area contributed by atoms with E-state index < -0.39 is 22.0 Å². The maximum atomic E-state index is 8.42. The molecule has 0 aromatic rings. The second kappa shape index (κ2) is 36.0. The van der Waals surface area contributed by atoms with Gasteiger partial charge in [0.2, 0.25) is 0 Å². The third kappa shape index (κ3) is 989. The molecule has 0 saturated heterocycles. The zero-order chi connectivity index (χ0) is 10.7. The van der Waals surface area contributed by atoms with Crippen LogP contribution in [0.2, 0.25) is 0 Å². The van der Waals surface area contributed by atoms with E-state index in [1.54, 1.807) is 0 Å². The van der Waals surface area contributed by atoms with Crippen LogP contribution in [-0.4, -0.2) is 39.3 Å². The average Bonchev–Trinajstić information content (AvgIpc) is 1.54. The molecule has 9 nitrogen and oxygen atoms in total. The Morgan fingerprint density at radius 2 is 0.375 bits per heavy atom. The van der Waals surface area contributed by atoms with Crippen molar-refractivity contribution < 1.29 is 95.6 Å². The van der Waals surface area contributed by atoms with Crippen LogP contribution < -0.4 is 45.2 Å². The summed E-state index contributed by atoms with van der Waals surface area (Å²) in [7, 11) is -8.75. The SMILES string of the molecule is [Al+3].[Co+2].[Co+2].[Co+2].[O-]B([O-])[O-].[O-]B([O-])[O-].[O-]B([O-])[O-]. The molecule has 0 N–H and O–H groups in total. The van der Waals surface area contributed by atoms with Gasteiger partial charge in [-0.25, -0.2) is 0 Å². The van der Waals surface area contributed by atoms with E-state index in [4.69, 9.17) is 45.2 Å². The van der Waals surface area contributed by atoms with E-state index in [1.807, 2.05) is 0 Å². The van der Waals surface area contributed by atoms with E-state index in [1.165, 1.54) is 0 Å². The molecule has 0 saturated carbocycles. The minimum Gasteiger partial charge on any atom is -0.907 e. The van der Waals surface area contributed by atoms with Crippen LogP contribution in [0.25, 0.3) is 0 Å². The van der Waals surface area contributed by atoms with Crippen molar-refractivity contribution in [3.05, 3.63) is 0 Å². The Morgan fingerprint density at radius 3 is 0.375 bits per heavy atom. The van der Waals surface area contributed by atoms with Crippen LogP contribution in [0, 0.1) is 0 Å². The van der Waals surface area contributed by atoms with E-state index >= 15 is 0 Å². The summed E-state index contributed by atoms with van der Waals surface area (Å²) >= 11 is 0. The maximum absolute atomic E-state index is 8.42. The van der Waals surface area contributed by atoms with Crippen molar-refractivity contribution in [2.45, 2.75) is 0 Å². The van der Waals surface area contributed by atoms with Gasteiger partial charge in [-0.3, -0.25) is 22.0 Å². The first-order chi connectivity index (χ1) is 5.20. The first-order valence-electron chi connectivity index (χ1n) is 2.12. The third-order valence-corrected chi connectivity index (χ3v) is 0. The van der Waals surface area contributed by atoms with Crippen molar-refractivity contribution in [1.29, 1.82) is 0 Å². The summed E-state index contributed by atoms with van der Waals surface area (Å²) in [6.07, 6.45) is 0. The van der Waals surface area contributed by atoms with Crippen LogP contribution in [0.3, 0.4) is 0 Å². The van der Waals surface area contributed by atoms with Crippen LogP contribution in [0.5, 0.6) is 0 Å². The topological polar surface area (TPSA) is 208 Å². The van der Waals surface area contributed by atoms with Crippen LogP contribution in [-0.2, 0) is 50.3 Å². The fourth-order valence-electron chi connectivity index (χ4n) is 0. The summed E-state index contributed by atoms with van der Waals surface area (Å²) in [4.78, 5) is 0. The van der Waals surface area contributed by atoms with E-state index in [9.17, 15) is 0 Å². The van der Waals surface area contributed by atoms with Gasteiger partial charge in [-0.05, 0) is 0 Å². The second-order valence-electron chi connectivity index (χ2n) is 0.866. The number of rotatable bonds is 0. The Kier molecular flexibility index (Phi) is 96.7. The molecule has 0 aromatic carbocycles. The average molecular weight is 380 g/mol. The Labute approximate surface area is 134 Å². The molecule has 0 fully saturated rings. The minimum atomic E-state index is -2.92. The Hall–Kier alpha value is 1.89. The molecule has 0 heterocycles. The van der Waals surface area contributed by atoms with Crippen molar-refractivity contribution in [3.8, 4) is 0 Å². The first kappa shape index (κ1) is 43.0. The van der Waals surface area contributed by atoms with E-state index in [0.29, 0.717) is 0 Å². The van der Waals surface area contributed by atoms with E-state index in [2.05, 4.69) is 0 Å². The second-order valence-corrected chi connectivity index (χ2v) is 0.866. The van der Waals surface area contributed by atoms with Crippen molar-refractivity contribution >= 4 is 39.3 Å². The van der Waals surface area contributed by atoms with Gasteiger partial charge in [0.25, 0.3) is 0 Å². The molecular weight excluding hydrogens is 380 g/mol. The van der Waals surface area contributed by atoms with Crippen molar-refractivity contribution in [3.63, 3.8) is 0 Å².